The number of ether oxygens (including phenoxy) is 1. The van der Waals surface area contributed by atoms with Crippen LogP contribution < -0.4 is 4.74 Å². The smallest absolute Gasteiger partial charge is 0.240 e. The molecule has 3 rings (SSSR count). The number of aromatic nitrogens is 2. The highest BCUT2D eigenvalue weighted by Gasteiger charge is 2.12. The molecular formula is C12H5Cl3N2OS. The molecule has 19 heavy (non-hydrogen) atoms. The Kier molecular flexibility index (Phi) is 3.50. The van der Waals surface area contributed by atoms with Crippen molar-refractivity contribution in [3.05, 3.63) is 45.0 Å². The molecule has 7 heteroatoms. The van der Waals surface area contributed by atoms with E-state index in [0.29, 0.717) is 26.7 Å². The fourth-order valence-corrected chi connectivity index (χ4v) is 2.87. The first kappa shape index (κ1) is 12.9. The molecule has 0 N–H and O–H groups in total. The molecule has 0 spiro atoms. The number of fused-ring (bicyclic) bond motifs is 1. The Hall–Kier alpha value is -1.07. The minimum atomic E-state index is 0.373. The zero-order chi connectivity index (χ0) is 13.4. The van der Waals surface area contributed by atoms with Gasteiger partial charge in [0.05, 0.1) is 20.6 Å². The van der Waals surface area contributed by atoms with Crippen molar-refractivity contribution in [1.82, 2.24) is 9.97 Å². The van der Waals surface area contributed by atoms with Gasteiger partial charge in [0.15, 0.2) is 0 Å². The van der Waals surface area contributed by atoms with Gasteiger partial charge in [-0.2, -0.15) is 0 Å². The Morgan fingerprint density at radius 3 is 2.63 bits per heavy atom. The summed E-state index contributed by atoms with van der Waals surface area (Å²) >= 11 is 19.4. The van der Waals surface area contributed by atoms with Gasteiger partial charge in [0.1, 0.15) is 16.8 Å². The number of halogens is 3. The highest BCUT2D eigenvalue weighted by Crippen LogP contribution is 2.38. The summed E-state index contributed by atoms with van der Waals surface area (Å²) in [5.41, 5.74) is 0.825. The largest absolute Gasteiger partial charge is 0.436 e. The van der Waals surface area contributed by atoms with Crippen LogP contribution in [-0.4, -0.2) is 9.97 Å². The summed E-state index contributed by atoms with van der Waals surface area (Å²) in [7, 11) is 0. The molecular weight excluding hydrogens is 327 g/mol. The molecule has 0 saturated carbocycles. The lowest BCUT2D eigenvalue weighted by Gasteiger charge is -2.08. The van der Waals surface area contributed by atoms with Crippen molar-refractivity contribution < 1.29 is 4.74 Å². The van der Waals surface area contributed by atoms with E-state index in [1.807, 2.05) is 11.4 Å². The number of hydrogen-bond acceptors (Lipinski definition) is 4. The van der Waals surface area contributed by atoms with Crippen LogP contribution >= 0.6 is 46.1 Å². The van der Waals surface area contributed by atoms with Gasteiger partial charge in [-0.15, -0.1) is 11.3 Å². The molecule has 0 atom stereocenters. The molecule has 0 bridgehead atoms. The van der Waals surface area contributed by atoms with E-state index in [2.05, 4.69) is 9.97 Å². The Balaban J connectivity index is 2.06. The lowest BCUT2D eigenvalue weighted by molar-refractivity contribution is 0.469. The molecule has 0 aliphatic heterocycles. The Bertz CT molecular complexity index is 760. The highest BCUT2D eigenvalue weighted by molar-refractivity contribution is 7.17. The molecule has 3 nitrogen and oxygen atoms in total. The monoisotopic (exact) mass is 330 g/mol. The van der Waals surface area contributed by atoms with Crippen LogP contribution in [0, 0.1) is 0 Å². The number of benzene rings is 1. The van der Waals surface area contributed by atoms with Gasteiger partial charge in [0.25, 0.3) is 0 Å². The molecule has 0 aliphatic rings. The maximum Gasteiger partial charge on any atom is 0.240 e. The first-order valence-corrected chi connectivity index (χ1v) is 7.17. The van der Waals surface area contributed by atoms with Gasteiger partial charge < -0.3 is 4.74 Å². The van der Waals surface area contributed by atoms with Crippen LogP contribution in [0.2, 0.25) is 15.1 Å². The van der Waals surface area contributed by atoms with Gasteiger partial charge in [0, 0.05) is 6.07 Å². The minimum Gasteiger partial charge on any atom is -0.436 e. The second-order valence-corrected chi connectivity index (χ2v) is 5.75. The Morgan fingerprint density at radius 2 is 1.79 bits per heavy atom. The van der Waals surface area contributed by atoms with Crippen LogP contribution in [0.25, 0.3) is 10.2 Å². The summed E-state index contributed by atoms with van der Waals surface area (Å²) in [4.78, 5) is 8.25. The summed E-state index contributed by atoms with van der Waals surface area (Å²) in [5, 5.41) is 3.04. The highest BCUT2D eigenvalue weighted by atomic mass is 35.5. The third kappa shape index (κ3) is 2.49. The maximum absolute atomic E-state index is 6.07. The first-order chi connectivity index (χ1) is 9.15. The molecule has 0 amide bonds. The molecule has 0 fully saturated rings. The van der Waals surface area contributed by atoms with E-state index in [4.69, 9.17) is 39.5 Å². The number of rotatable bonds is 2. The molecule has 0 saturated heterocycles. The van der Waals surface area contributed by atoms with Crippen molar-refractivity contribution in [2.75, 3.05) is 0 Å². The van der Waals surface area contributed by atoms with Crippen molar-refractivity contribution in [1.29, 1.82) is 0 Å². The van der Waals surface area contributed by atoms with Gasteiger partial charge in [-0.3, -0.25) is 0 Å². The average molecular weight is 332 g/mol. The third-order valence-electron chi connectivity index (χ3n) is 2.39. The van der Waals surface area contributed by atoms with Gasteiger partial charge >= 0.3 is 0 Å². The Labute approximate surface area is 127 Å². The molecule has 3 aromatic rings. The van der Waals surface area contributed by atoms with Crippen LogP contribution in [0.1, 0.15) is 0 Å². The second kappa shape index (κ2) is 5.13. The van der Waals surface area contributed by atoms with E-state index in [1.54, 1.807) is 6.07 Å². The lowest BCUT2D eigenvalue weighted by atomic mass is 10.3. The van der Waals surface area contributed by atoms with E-state index in [1.165, 1.54) is 23.7 Å². The van der Waals surface area contributed by atoms with Crippen molar-refractivity contribution >= 4 is 56.4 Å². The molecule has 1 aromatic carbocycles. The normalized spacial score (nSPS) is 10.9. The predicted octanol–water partition coefficient (Wildman–Crippen LogP) is 5.44. The van der Waals surface area contributed by atoms with Crippen molar-refractivity contribution in [3.8, 4) is 11.6 Å². The third-order valence-corrected chi connectivity index (χ3v) is 4.30. The van der Waals surface area contributed by atoms with Crippen LogP contribution in [0.5, 0.6) is 11.6 Å². The molecule has 0 unspecified atom stereocenters. The van der Waals surface area contributed by atoms with E-state index in [0.717, 1.165) is 10.2 Å². The van der Waals surface area contributed by atoms with Crippen LogP contribution in [-0.2, 0) is 0 Å². The number of thiophene rings is 1. The second-order valence-electron chi connectivity index (χ2n) is 3.61. The molecule has 2 aromatic heterocycles. The maximum atomic E-state index is 6.07. The van der Waals surface area contributed by atoms with Crippen molar-refractivity contribution in [3.63, 3.8) is 0 Å². The summed E-state index contributed by atoms with van der Waals surface area (Å²) in [6.07, 6.45) is 1.44. The van der Waals surface area contributed by atoms with Crippen LogP contribution in [0.4, 0.5) is 0 Å². The van der Waals surface area contributed by atoms with Gasteiger partial charge in [0.2, 0.25) is 5.88 Å². The van der Waals surface area contributed by atoms with Crippen LogP contribution in [0.3, 0.4) is 0 Å². The van der Waals surface area contributed by atoms with Gasteiger partial charge in [-0.25, -0.2) is 9.97 Å². The van der Waals surface area contributed by atoms with E-state index in [9.17, 15) is 0 Å². The summed E-state index contributed by atoms with van der Waals surface area (Å²) in [6, 6.07) is 4.99. The lowest BCUT2D eigenvalue weighted by Crippen LogP contribution is -1.90. The zero-order valence-electron chi connectivity index (χ0n) is 9.23. The first-order valence-electron chi connectivity index (χ1n) is 5.16. The fourth-order valence-electron chi connectivity index (χ4n) is 1.53. The van der Waals surface area contributed by atoms with Crippen molar-refractivity contribution in [2.45, 2.75) is 0 Å². The van der Waals surface area contributed by atoms with E-state index < -0.39 is 0 Å². The van der Waals surface area contributed by atoms with Gasteiger partial charge in [-0.05, 0) is 17.5 Å². The Morgan fingerprint density at radius 1 is 1.00 bits per heavy atom. The van der Waals surface area contributed by atoms with Crippen molar-refractivity contribution in [2.24, 2.45) is 0 Å². The average Bonchev–Trinajstić information content (AvgIpc) is 2.85. The SMILES string of the molecule is Clc1cc(Cl)c(Oc2ncnc3ccsc23)cc1Cl. The summed E-state index contributed by atoms with van der Waals surface area (Å²) in [6.45, 7) is 0. The number of hydrogen-bond donors (Lipinski definition) is 0. The van der Waals surface area contributed by atoms with E-state index >= 15 is 0 Å². The minimum absolute atomic E-state index is 0.373. The summed E-state index contributed by atoms with van der Waals surface area (Å²) < 4.78 is 6.55. The predicted molar refractivity (Wildman–Crippen MR) is 79.0 cm³/mol. The van der Waals surface area contributed by atoms with Gasteiger partial charge in [-0.1, -0.05) is 34.8 Å². The quantitative estimate of drug-likeness (QED) is 0.586. The zero-order valence-corrected chi connectivity index (χ0v) is 12.3. The topological polar surface area (TPSA) is 35.0 Å². The molecule has 96 valence electrons. The number of nitrogens with zero attached hydrogens (tertiary/aromatic N) is 2. The standard InChI is InChI=1S/C12H5Cl3N2OS/c13-6-3-8(15)10(4-7(6)14)18-12-11-9(1-2-19-11)16-5-17-12/h1-5H. The molecule has 0 radical (unpaired) electrons. The van der Waals surface area contributed by atoms with Crippen LogP contribution in [0.15, 0.2) is 29.9 Å². The summed E-state index contributed by atoms with van der Waals surface area (Å²) in [5.74, 6) is 0.852. The molecule has 0 aliphatic carbocycles. The fraction of sp³-hybridized carbons (Fsp3) is 0. The van der Waals surface area contributed by atoms with E-state index in [-0.39, 0.29) is 0 Å². The molecule has 2 heterocycles.